The van der Waals surface area contributed by atoms with Crippen LogP contribution in [0.5, 0.6) is 0 Å². The summed E-state index contributed by atoms with van der Waals surface area (Å²) in [6.45, 7) is 3.96. The second-order valence-electron chi connectivity index (χ2n) is 9.24. The first-order chi connectivity index (χ1) is 18.5. The molecule has 2 atom stereocenters. The molecule has 38 heavy (non-hydrogen) atoms. The number of hydrogen-bond donors (Lipinski definition) is 1. The second-order valence-corrected chi connectivity index (χ2v) is 12.3. The van der Waals surface area contributed by atoms with Crippen molar-refractivity contribution in [2.45, 2.75) is 26.5 Å². The van der Waals surface area contributed by atoms with E-state index >= 15 is 0 Å². The molecule has 6 heteroatoms. The van der Waals surface area contributed by atoms with Gasteiger partial charge in [0.2, 0.25) is 0 Å². The fourth-order valence-corrected chi connectivity index (χ4v) is 8.21. The van der Waals surface area contributed by atoms with Crippen molar-refractivity contribution >= 4 is 34.8 Å². The van der Waals surface area contributed by atoms with Gasteiger partial charge in [0.1, 0.15) is 6.61 Å². The first-order valence-electron chi connectivity index (χ1n) is 12.7. The lowest BCUT2D eigenvalue weighted by atomic mass is 9.99. The number of rotatable bonds is 10. The maximum Gasteiger partial charge on any atom is 0.408 e. The molecule has 1 amide bonds. The van der Waals surface area contributed by atoms with Crippen molar-refractivity contribution in [3.8, 4) is 0 Å². The van der Waals surface area contributed by atoms with Crippen molar-refractivity contribution in [1.29, 1.82) is 0 Å². The summed E-state index contributed by atoms with van der Waals surface area (Å²) in [5.74, 6) is -0.375. The summed E-state index contributed by atoms with van der Waals surface area (Å²) in [6.07, 6.45) is -0.615. The van der Waals surface area contributed by atoms with E-state index in [9.17, 15) is 9.59 Å². The Morgan fingerprint density at radius 3 is 1.58 bits per heavy atom. The highest BCUT2D eigenvalue weighted by Crippen LogP contribution is 2.46. The number of ketones is 1. The van der Waals surface area contributed by atoms with E-state index in [1.54, 1.807) is 0 Å². The molecule has 4 rings (SSSR count). The van der Waals surface area contributed by atoms with Gasteiger partial charge in [-0.05, 0) is 12.5 Å². The maximum absolute atomic E-state index is 12.6. The molecule has 0 unspecified atom stereocenters. The monoisotopic (exact) mass is 524 g/mol. The number of benzene rings is 4. The van der Waals surface area contributed by atoms with Crippen LogP contribution in [0.2, 0.25) is 0 Å². The third kappa shape index (κ3) is 6.48. The number of carbonyl (C=O) groups is 2. The molecular weight excluding hydrogens is 491 g/mol. The Balaban J connectivity index is 1.66. The molecule has 1 N–H and O–H groups in total. The number of Topliss-reactive ketones (excluding diaryl/α,β-unsaturated/α-hetero) is 1. The van der Waals surface area contributed by atoms with Crippen LogP contribution in [0.4, 0.5) is 4.79 Å². The van der Waals surface area contributed by atoms with E-state index in [0.29, 0.717) is 6.54 Å². The second kappa shape index (κ2) is 13.0. The van der Waals surface area contributed by atoms with Crippen LogP contribution in [-0.4, -0.2) is 24.5 Å². The van der Waals surface area contributed by atoms with Crippen LogP contribution in [-0.2, 0) is 16.1 Å². The SMILES string of the molecule is CC(=O)[C@@H](NC(=O)OCc1ccccc1)[C@H](C)CN=P(c1ccccc1)(c1ccccc1)c1ccccc1. The van der Waals surface area contributed by atoms with Crippen LogP contribution in [0.15, 0.2) is 126 Å². The zero-order chi connectivity index (χ0) is 26.8. The van der Waals surface area contributed by atoms with E-state index in [-0.39, 0.29) is 18.3 Å². The van der Waals surface area contributed by atoms with Gasteiger partial charge in [0.25, 0.3) is 0 Å². The number of amides is 1. The standard InChI is InChI=1S/C32H33N2O3P/c1-25(31(26(2)35)34-32(36)37-24-27-15-7-3-8-16-27)23-33-38(28-17-9-4-10-18-28,29-19-11-5-12-20-29)30-21-13-6-14-22-30/h3-22,25,31H,23-24H2,1-2H3,(H,34,36)/t25-,31+/m1/s1. The van der Waals surface area contributed by atoms with Crippen molar-refractivity contribution in [3.05, 3.63) is 127 Å². The minimum absolute atomic E-state index is 0.132. The van der Waals surface area contributed by atoms with Crippen LogP contribution in [0.25, 0.3) is 0 Å². The van der Waals surface area contributed by atoms with E-state index in [1.807, 2.05) is 91.9 Å². The lowest BCUT2D eigenvalue weighted by Crippen LogP contribution is -2.45. The quantitative estimate of drug-likeness (QED) is 0.271. The molecule has 0 aliphatic rings. The van der Waals surface area contributed by atoms with Crippen molar-refractivity contribution in [3.63, 3.8) is 0 Å². The van der Waals surface area contributed by atoms with Gasteiger partial charge < -0.3 is 10.1 Å². The Morgan fingerprint density at radius 2 is 1.16 bits per heavy atom. The zero-order valence-electron chi connectivity index (χ0n) is 21.7. The van der Waals surface area contributed by atoms with Crippen LogP contribution < -0.4 is 21.2 Å². The number of alkyl carbamates (subject to hydrolysis) is 1. The summed E-state index contributed by atoms with van der Waals surface area (Å²) in [4.78, 5) is 25.2. The van der Waals surface area contributed by atoms with E-state index < -0.39 is 19.2 Å². The molecule has 0 aliphatic heterocycles. The molecule has 0 fully saturated rings. The summed E-state index contributed by atoms with van der Waals surface area (Å²) in [5.41, 5.74) is 0.883. The Hall–Kier alpha value is -3.95. The predicted molar refractivity (Wildman–Crippen MR) is 156 cm³/mol. The molecule has 4 aromatic rings. The van der Waals surface area contributed by atoms with Crippen molar-refractivity contribution in [2.75, 3.05) is 6.54 Å². The average molecular weight is 525 g/mol. The average Bonchev–Trinajstić information content (AvgIpc) is 2.97. The highest BCUT2D eigenvalue weighted by atomic mass is 31.2. The molecule has 0 spiro atoms. The van der Waals surface area contributed by atoms with Crippen LogP contribution in [0.3, 0.4) is 0 Å². The van der Waals surface area contributed by atoms with Gasteiger partial charge in [-0.3, -0.25) is 9.54 Å². The molecule has 5 nitrogen and oxygen atoms in total. The molecule has 4 aromatic carbocycles. The Bertz CT molecular complexity index is 1270. The third-order valence-corrected chi connectivity index (χ3v) is 10.2. The van der Waals surface area contributed by atoms with E-state index in [4.69, 9.17) is 9.48 Å². The minimum Gasteiger partial charge on any atom is -0.445 e. The fraction of sp³-hybridized carbons (Fsp3) is 0.188. The van der Waals surface area contributed by atoms with Gasteiger partial charge in [0.15, 0.2) is 5.78 Å². The lowest BCUT2D eigenvalue weighted by Gasteiger charge is -2.29. The van der Waals surface area contributed by atoms with Gasteiger partial charge in [-0.2, -0.15) is 0 Å². The summed E-state index contributed by atoms with van der Waals surface area (Å²) in [7, 11) is -2.39. The summed E-state index contributed by atoms with van der Waals surface area (Å²) >= 11 is 0. The molecule has 0 heterocycles. The molecule has 0 saturated carbocycles. The number of hydrogen-bond acceptors (Lipinski definition) is 4. The summed E-state index contributed by atoms with van der Waals surface area (Å²) < 4.78 is 10.8. The first-order valence-corrected chi connectivity index (χ1v) is 14.5. The number of ether oxygens (including phenoxy) is 1. The highest BCUT2D eigenvalue weighted by molar-refractivity contribution is 7.87. The number of carbonyl (C=O) groups excluding carboxylic acids is 2. The zero-order valence-corrected chi connectivity index (χ0v) is 22.6. The lowest BCUT2D eigenvalue weighted by molar-refractivity contribution is -0.119. The van der Waals surface area contributed by atoms with Gasteiger partial charge in [0.05, 0.1) is 13.1 Å². The minimum atomic E-state index is -2.39. The molecular formula is C32H33N2O3P. The fourth-order valence-electron chi connectivity index (χ4n) is 4.52. The molecule has 0 aliphatic carbocycles. The van der Waals surface area contributed by atoms with E-state index in [0.717, 1.165) is 21.5 Å². The molecule has 194 valence electrons. The normalized spacial score (nSPS) is 12.7. The van der Waals surface area contributed by atoms with E-state index in [2.05, 4.69) is 41.7 Å². The van der Waals surface area contributed by atoms with Crippen LogP contribution in [0, 0.1) is 5.92 Å². The topological polar surface area (TPSA) is 67.8 Å². The number of nitrogens with one attached hydrogen (secondary N) is 1. The summed E-state index contributed by atoms with van der Waals surface area (Å²) in [5, 5.41) is 6.20. The van der Waals surface area contributed by atoms with Gasteiger partial charge in [0, 0.05) is 28.4 Å². The van der Waals surface area contributed by atoms with Crippen molar-refractivity contribution in [2.24, 2.45) is 10.7 Å². The van der Waals surface area contributed by atoms with Gasteiger partial charge in [-0.25, -0.2) is 4.79 Å². The van der Waals surface area contributed by atoms with E-state index in [1.165, 1.54) is 6.92 Å². The van der Waals surface area contributed by atoms with Crippen LogP contribution in [0.1, 0.15) is 19.4 Å². The smallest absolute Gasteiger partial charge is 0.408 e. The van der Waals surface area contributed by atoms with Gasteiger partial charge >= 0.3 is 6.09 Å². The number of nitrogens with zero attached hydrogens (tertiary/aromatic N) is 1. The predicted octanol–water partition coefficient (Wildman–Crippen LogP) is 5.68. The van der Waals surface area contributed by atoms with Gasteiger partial charge in [-0.15, -0.1) is 0 Å². The molecule has 0 saturated heterocycles. The van der Waals surface area contributed by atoms with Crippen LogP contribution >= 0.6 is 7.05 Å². The largest absolute Gasteiger partial charge is 0.445 e. The molecule has 0 aromatic heterocycles. The Morgan fingerprint density at radius 1 is 0.737 bits per heavy atom. The Labute approximate surface area is 224 Å². The third-order valence-electron chi connectivity index (χ3n) is 6.46. The summed E-state index contributed by atoms with van der Waals surface area (Å²) in [6, 6.07) is 39.8. The van der Waals surface area contributed by atoms with Crippen molar-refractivity contribution in [1.82, 2.24) is 5.32 Å². The Kier molecular flexibility index (Phi) is 9.29. The van der Waals surface area contributed by atoms with Gasteiger partial charge in [-0.1, -0.05) is 128 Å². The van der Waals surface area contributed by atoms with Crippen molar-refractivity contribution < 1.29 is 14.3 Å². The first kappa shape index (κ1) is 27.1. The maximum atomic E-state index is 12.6. The molecule has 0 radical (unpaired) electrons. The highest BCUT2D eigenvalue weighted by Gasteiger charge is 2.29. The molecule has 0 bridgehead atoms.